The van der Waals surface area contributed by atoms with Gasteiger partial charge >= 0.3 is 0 Å². The van der Waals surface area contributed by atoms with Crippen LogP contribution in [0.2, 0.25) is 0 Å². The molecule has 4 nitrogen and oxygen atoms in total. The van der Waals surface area contributed by atoms with Gasteiger partial charge in [-0.3, -0.25) is 0 Å². The summed E-state index contributed by atoms with van der Waals surface area (Å²) in [4.78, 5) is 0. The minimum atomic E-state index is -0.706. The number of hydrogen-bond acceptors (Lipinski definition) is 4. The first kappa shape index (κ1) is 12.8. The highest BCUT2D eigenvalue weighted by Gasteiger charge is 2.26. The molecule has 5 N–H and O–H groups in total. The summed E-state index contributed by atoms with van der Waals surface area (Å²) < 4.78 is 0. The van der Waals surface area contributed by atoms with Crippen LogP contribution in [0.3, 0.4) is 0 Å². The average molecular weight is 224 g/mol. The highest BCUT2D eigenvalue weighted by Crippen LogP contribution is 2.26. The molecular weight excluding hydrogens is 204 g/mol. The van der Waals surface area contributed by atoms with E-state index in [1.54, 1.807) is 0 Å². The van der Waals surface area contributed by atoms with Gasteiger partial charge in [0.15, 0.2) is 0 Å². The molecule has 1 aromatic carbocycles. The van der Waals surface area contributed by atoms with Gasteiger partial charge in [-0.25, -0.2) is 0 Å². The van der Waals surface area contributed by atoms with Crippen molar-refractivity contribution in [3.05, 3.63) is 23.8 Å². The molecule has 16 heavy (non-hydrogen) atoms. The van der Waals surface area contributed by atoms with Crippen molar-refractivity contribution in [2.24, 2.45) is 0 Å². The topological polar surface area (TPSA) is 78.5 Å². The third-order valence-electron chi connectivity index (χ3n) is 3.01. The molecule has 0 radical (unpaired) electrons. The summed E-state index contributed by atoms with van der Waals surface area (Å²) in [5.41, 5.74) is 7.61. The Hall–Kier alpha value is -1.26. The van der Waals surface area contributed by atoms with Crippen LogP contribution >= 0.6 is 0 Å². The van der Waals surface area contributed by atoms with E-state index in [0.29, 0.717) is 12.1 Å². The third kappa shape index (κ3) is 2.46. The Labute approximate surface area is 96.1 Å². The smallest absolute Gasteiger partial charge is 0.0832 e. The van der Waals surface area contributed by atoms with Crippen LogP contribution in [0.5, 0.6) is 0 Å². The van der Waals surface area contributed by atoms with Crippen molar-refractivity contribution in [2.45, 2.75) is 25.8 Å². The molecule has 0 aliphatic carbocycles. The van der Waals surface area contributed by atoms with Crippen LogP contribution in [0.25, 0.3) is 0 Å². The van der Waals surface area contributed by atoms with E-state index < -0.39 is 5.54 Å². The summed E-state index contributed by atoms with van der Waals surface area (Å²) >= 11 is 0. The minimum Gasteiger partial charge on any atom is -0.397 e. The number of aliphatic hydroxyl groups is 2. The number of para-hydroxylation sites is 1. The van der Waals surface area contributed by atoms with E-state index in [0.717, 1.165) is 11.3 Å². The fraction of sp³-hybridized carbons (Fsp3) is 0.500. The van der Waals surface area contributed by atoms with Gasteiger partial charge in [-0.15, -0.1) is 0 Å². The molecule has 0 aliphatic heterocycles. The molecule has 1 aromatic rings. The Balaban J connectivity index is 2.98. The first-order chi connectivity index (χ1) is 7.58. The molecule has 0 amide bonds. The van der Waals surface area contributed by atoms with Gasteiger partial charge in [-0.05, 0) is 25.0 Å². The van der Waals surface area contributed by atoms with Crippen LogP contribution < -0.4 is 11.1 Å². The fourth-order valence-electron chi connectivity index (χ4n) is 1.52. The molecule has 90 valence electrons. The number of rotatable bonds is 5. The van der Waals surface area contributed by atoms with E-state index in [9.17, 15) is 10.2 Å². The molecule has 0 spiro atoms. The Morgan fingerprint density at radius 1 is 1.31 bits per heavy atom. The molecule has 0 aliphatic rings. The summed E-state index contributed by atoms with van der Waals surface area (Å²) in [6, 6.07) is 5.66. The average Bonchev–Trinajstić information content (AvgIpc) is 2.32. The second kappa shape index (κ2) is 5.18. The zero-order valence-corrected chi connectivity index (χ0v) is 9.83. The largest absolute Gasteiger partial charge is 0.397 e. The lowest BCUT2D eigenvalue weighted by Gasteiger charge is -2.31. The van der Waals surface area contributed by atoms with Gasteiger partial charge in [-0.2, -0.15) is 0 Å². The molecule has 4 heteroatoms. The van der Waals surface area contributed by atoms with Gasteiger partial charge < -0.3 is 21.3 Å². The molecular formula is C12H20N2O2. The lowest BCUT2D eigenvalue weighted by atomic mass is 9.97. The maximum atomic E-state index is 9.33. The lowest BCUT2D eigenvalue weighted by molar-refractivity contribution is 0.132. The number of anilines is 2. The summed E-state index contributed by atoms with van der Waals surface area (Å²) in [7, 11) is 0. The number of nitrogen functional groups attached to an aromatic ring is 1. The molecule has 0 heterocycles. The first-order valence-electron chi connectivity index (χ1n) is 5.43. The molecule has 0 saturated carbocycles. The summed E-state index contributed by atoms with van der Waals surface area (Å²) in [6.45, 7) is 3.57. The van der Waals surface area contributed by atoms with Crippen LogP contribution in [-0.4, -0.2) is 29.0 Å². The third-order valence-corrected chi connectivity index (χ3v) is 3.01. The fourth-order valence-corrected chi connectivity index (χ4v) is 1.52. The van der Waals surface area contributed by atoms with E-state index in [1.807, 2.05) is 32.0 Å². The normalized spacial score (nSPS) is 11.5. The highest BCUT2D eigenvalue weighted by atomic mass is 16.3. The zero-order chi connectivity index (χ0) is 12.2. The SMILES string of the molecule is CCC(CO)(CO)Nc1cccc(C)c1N. The van der Waals surface area contributed by atoms with Crippen LogP contribution in [0, 0.1) is 6.92 Å². The maximum Gasteiger partial charge on any atom is 0.0832 e. The Bertz CT molecular complexity index is 341. The first-order valence-corrected chi connectivity index (χ1v) is 5.43. The lowest BCUT2D eigenvalue weighted by Crippen LogP contribution is -2.45. The predicted molar refractivity (Wildman–Crippen MR) is 66.4 cm³/mol. The van der Waals surface area contributed by atoms with Gasteiger partial charge in [0.1, 0.15) is 0 Å². The molecule has 0 aromatic heterocycles. The van der Waals surface area contributed by atoms with E-state index in [2.05, 4.69) is 5.32 Å². The van der Waals surface area contributed by atoms with Gasteiger partial charge in [0.05, 0.1) is 30.1 Å². The summed E-state index contributed by atoms with van der Waals surface area (Å²) in [5.74, 6) is 0. The van der Waals surface area contributed by atoms with Gasteiger partial charge in [0.25, 0.3) is 0 Å². The maximum absolute atomic E-state index is 9.33. The molecule has 0 atom stereocenters. The quantitative estimate of drug-likeness (QED) is 0.565. The van der Waals surface area contributed by atoms with E-state index >= 15 is 0 Å². The van der Waals surface area contributed by atoms with Crippen molar-refractivity contribution in [3.8, 4) is 0 Å². The van der Waals surface area contributed by atoms with E-state index in [-0.39, 0.29) is 13.2 Å². The Morgan fingerprint density at radius 2 is 1.94 bits per heavy atom. The van der Waals surface area contributed by atoms with Crippen molar-refractivity contribution >= 4 is 11.4 Å². The van der Waals surface area contributed by atoms with Crippen molar-refractivity contribution < 1.29 is 10.2 Å². The summed E-state index contributed by atoms with van der Waals surface area (Å²) in [6.07, 6.45) is 0.618. The zero-order valence-electron chi connectivity index (χ0n) is 9.83. The van der Waals surface area contributed by atoms with Crippen molar-refractivity contribution in [3.63, 3.8) is 0 Å². The second-order valence-electron chi connectivity index (χ2n) is 4.11. The van der Waals surface area contributed by atoms with Crippen LogP contribution in [0.4, 0.5) is 11.4 Å². The minimum absolute atomic E-state index is 0.132. The molecule has 0 saturated heterocycles. The molecule has 0 unspecified atom stereocenters. The van der Waals surface area contributed by atoms with E-state index in [4.69, 9.17) is 5.73 Å². The Kier molecular flexibility index (Phi) is 4.15. The second-order valence-corrected chi connectivity index (χ2v) is 4.11. The van der Waals surface area contributed by atoms with Gasteiger partial charge in [-0.1, -0.05) is 19.1 Å². The number of nitrogens with two attached hydrogens (primary N) is 1. The van der Waals surface area contributed by atoms with Crippen molar-refractivity contribution in [1.29, 1.82) is 0 Å². The molecule has 0 fully saturated rings. The number of aliphatic hydroxyl groups excluding tert-OH is 2. The summed E-state index contributed by atoms with van der Waals surface area (Å²) in [5, 5.41) is 21.8. The van der Waals surface area contributed by atoms with Crippen LogP contribution in [0.15, 0.2) is 18.2 Å². The van der Waals surface area contributed by atoms with Crippen LogP contribution in [0.1, 0.15) is 18.9 Å². The highest BCUT2D eigenvalue weighted by molar-refractivity contribution is 5.70. The number of hydrogen-bond donors (Lipinski definition) is 4. The van der Waals surface area contributed by atoms with Gasteiger partial charge in [0, 0.05) is 0 Å². The molecule has 1 rings (SSSR count). The van der Waals surface area contributed by atoms with Crippen LogP contribution in [-0.2, 0) is 0 Å². The standard InChI is InChI=1S/C12H20N2O2/c1-3-12(7-15,8-16)14-10-6-4-5-9(2)11(10)13/h4-6,14-16H,3,7-8,13H2,1-2H3. The van der Waals surface area contributed by atoms with Crippen molar-refractivity contribution in [1.82, 2.24) is 0 Å². The number of nitrogens with one attached hydrogen (secondary N) is 1. The van der Waals surface area contributed by atoms with E-state index in [1.165, 1.54) is 0 Å². The monoisotopic (exact) mass is 224 g/mol. The Morgan fingerprint density at radius 3 is 2.44 bits per heavy atom. The number of aryl methyl sites for hydroxylation is 1. The number of benzene rings is 1. The van der Waals surface area contributed by atoms with Gasteiger partial charge in [0.2, 0.25) is 0 Å². The van der Waals surface area contributed by atoms with Crippen molar-refractivity contribution in [2.75, 3.05) is 24.3 Å². The predicted octanol–water partition coefficient (Wildman–Crippen LogP) is 1.12. The molecule has 0 bridgehead atoms.